The lowest BCUT2D eigenvalue weighted by Gasteiger charge is -2.11. The summed E-state index contributed by atoms with van der Waals surface area (Å²) in [5.74, 6) is 2.76. The van der Waals surface area contributed by atoms with E-state index in [9.17, 15) is 10.1 Å². The molecule has 0 atom stereocenters. The SMILES string of the molecule is O=[N+]([O-])C=C(NCCCSc1ncc[nH]1)NCCSCc1ncccc1Cl. The average Bonchev–Trinajstić information content (AvgIpc) is 3.15. The maximum absolute atomic E-state index is 10.8. The van der Waals surface area contributed by atoms with Gasteiger partial charge in [-0.2, -0.15) is 11.8 Å². The summed E-state index contributed by atoms with van der Waals surface area (Å²) in [6.45, 7) is 1.24. The normalized spacial score (nSPS) is 11.4. The predicted molar refractivity (Wildman–Crippen MR) is 110 cm³/mol. The van der Waals surface area contributed by atoms with E-state index in [1.54, 1.807) is 48.2 Å². The number of halogens is 1. The zero-order valence-electron chi connectivity index (χ0n) is 14.6. The molecular formula is C16H21ClN6O2S2. The van der Waals surface area contributed by atoms with E-state index in [0.29, 0.717) is 29.7 Å². The quantitative estimate of drug-likeness (QED) is 0.193. The fraction of sp³-hybridized carbons (Fsp3) is 0.375. The number of aromatic nitrogens is 3. The van der Waals surface area contributed by atoms with Crippen LogP contribution in [0.4, 0.5) is 0 Å². The molecule has 27 heavy (non-hydrogen) atoms. The van der Waals surface area contributed by atoms with Crippen LogP contribution >= 0.6 is 35.1 Å². The maximum Gasteiger partial charge on any atom is 0.274 e. The van der Waals surface area contributed by atoms with Crippen LogP contribution in [0.5, 0.6) is 0 Å². The Morgan fingerprint density at radius 2 is 2.15 bits per heavy atom. The standard InChI is InChI=1S/C16H21ClN6O2S2/c17-13-3-1-4-18-14(13)12-26-10-8-20-15(11-23(24)25)19-5-2-9-27-16-21-6-7-22-16/h1,3-4,6-7,11,19-20H,2,5,8-10,12H2,(H,21,22). The molecule has 146 valence electrons. The van der Waals surface area contributed by atoms with Crippen molar-refractivity contribution in [2.75, 3.05) is 24.6 Å². The van der Waals surface area contributed by atoms with Crippen LogP contribution in [-0.4, -0.2) is 44.5 Å². The number of nitro groups is 1. The summed E-state index contributed by atoms with van der Waals surface area (Å²) in [5.41, 5.74) is 0.845. The van der Waals surface area contributed by atoms with Gasteiger partial charge in [-0.25, -0.2) is 4.98 Å². The third kappa shape index (κ3) is 9.03. The summed E-state index contributed by atoms with van der Waals surface area (Å²) in [6.07, 6.45) is 7.02. The highest BCUT2D eigenvalue weighted by molar-refractivity contribution is 7.99. The second-order valence-corrected chi connectivity index (χ2v) is 7.86. The van der Waals surface area contributed by atoms with Gasteiger partial charge in [-0.05, 0) is 18.6 Å². The van der Waals surface area contributed by atoms with Crippen LogP contribution in [0.15, 0.2) is 47.9 Å². The topological polar surface area (TPSA) is 109 Å². The molecular weight excluding hydrogens is 408 g/mol. The first-order valence-electron chi connectivity index (χ1n) is 8.27. The Bertz CT molecular complexity index is 729. The molecule has 0 saturated heterocycles. The third-order valence-corrected chi connectivity index (χ3v) is 5.52. The molecule has 0 radical (unpaired) electrons. The van der Waals surface area contributed by atoms with E-state index in [1.165, 1.54) is 0 Å². The van der Waals surface area contributed by atoms with Gasteiger partial charge in [0, 0.05) is 48.9 Å². The number of aromatic amines is 1. The minimum absolute atomic E-state index is 0.416. The van der Waals surface area contributed by atoms with Crippen molar-refractivity contribution in [2.24, 2.45) is 0 Å². The van der Waals surface area contributed by atoms with Gasteiger partial charge in [-0.15, -0.1) is 0 Å². The second-order valence-electron chi connectivity index (χ2n) is 5.26. The molecule has 0 amide bonds. The van der Waals surface area contributed by atoms with Crippen molar-refractivity contribution in [3.8, 4) is 0 Å². The fourth-order valence-electron chi connectivity index (χ4n) is 2.00. The van der Waals surface area contributed by atoms with Gasteiger partial charge in [0.05, 0.1) is 15.6 Å². The van der Waals surface area contributed by atoms with Gasteiger partial charge in [0.1, 0.15) is 0 Å². The van der Waals surface area contributed by atoms with Crippen molar-refractivity contribution in [2.45, 2.75) is 17.3 Å². The molecule has 0 spiro atoms. The largest absolute Gasteiger partial charge is 0.367 e. The molecule has 0 saturated carbocycles. The molecule has 11 heteroatoms. The minimum atomic E-state index is -0.465. The number of pyridine rings is 1. The van der Waals surface area contributed by atoms with Crippen molar-refractivity contribution in [1.29, 1.82) is 0 Å². The lowest BCUT2D eigenvalue weighted by molar-refractivity contribution is -0.404. The Labute approximate surface area is 171 Å². The van der Waals surface area contributed by atoms with Gasteiger partial charge in [-0.1, -0.05) is 23.4 Å². The molecule has 0 aliphatic carbocycles. The number of thioether (sulfide) groups is 2. The lowest BCUT2D eigenvalue weighted by atomic mass is 10.4. The number of hydrogen-bond acceptors (Lipinski definition) is 8. The van der Waals surface area contributed by atoms with E-state index in [0.717, 1.165) is 35.0 Å². The van der Waals surface area contributed by atoms with Gasteiger partial charge in [0.2, 0.25) is 0 Å². The van der Waals surface area contributed by atoms with E-state index in [-0.39, 0.29) is 0 Å². The van der Waals surface area contributed by atoms with Crippen molar-refractivity contribution < 1.29 is 4.92 Å². The van der Waals surface area contributed by atoms with Crippen molar-refractivity contribution >= 4 is 35.1 Å². The van der Waals surface area contributed by atoms with Crippen LogP contribution in [0.1, 0.15) is 12.1 Å². The highest BCUT2D eigenvalue weighted by atomic mass is 35.5. The first-order valence-corrected chi connectivity index (χ1v) is 10.8. The Morgan fingerprint density at radius 1 is 1.30 bits per heavy atom. The summed E-state index contributed by atoms with van der Waals surface area (Å²) >= 11 is 9.35. The van der Waals surface area contributed by atoms with Gasteiger partial charge in [-0.3, -0.25) is 15.1 Å². The lowest BCUT2D eigenvalue weighted by Crippen LogP contribution is -2.29. The molecule has 0 aromatic carbocycles. The Kier molecular flexibility index (Phi) is 9.88. The number of nitrogens with zero attached hydrogens (tertiary/aromatic N) is 3. The van der Waals surface area contributed by atoms with Crippen LogP contribution in [0.2, 0.25) is 5.02 Å². The zero-order valence-corrected chi connectivity index (χ0v) is 16.9. The molecule has 3 N–H and O–H groups in total. The van der Waals surface area contributed by atoms with Crippen molar-refractivity contribution in [3.05, 3.63) is 63.6 Å². The molecule has 0 unspecified atom stereocenters. The minimum Gasteiger partial charge on any atom is -0.367 e. The number of rotatable bonds is 13. The van der Waals surface area contributed by atoms with Crippen LogP contribution in [0, 0.1) is 10.1 Å². The van der Waals surface area contributed by atoms with Crippen LogP contribution in [-0.2, 0) is 5.75 Å². The summed E-state index contributed by atoms with van der Waals surface area (Å²) in [5, 5.41) is 18.4. The molecule has 8 nitrogen and oxygen atoms in total. The van der Waals surface area contributed by atoms with Crippen molar-refractivity contribution in [3.63, 3.8) is 0 Å². The van der Waals surface area contributed by atoms with Crippen LogP contribution in [0.3, 0.4) is 0 Å². The number of hydrogen-bond donors (Lipinski definition) is 3. The predicted octanol–water partition coefficient (Wildman–Crippen LogP) is 3.13. The Balaban J connectivity index is 1.62. The number of nitrogens with one attached hydrogen (secondary N) is 3. The second kappa shape index (κ2) is 12.5. The molecule has 2 aromatic rings. The van der Waals surface area contributed by atoms with Gasteiger partial charge < -0.3 is 15.6 Å². The summed E-state index contributed by atoms with van der Waals surface area (Å²) in [6, 6.07) is 3.61. The summed E-state index contributed by atoms with van der Waals surface area (Å²) < 4.78 is 0. The van der Waals surface area contributed by atoms with E-state index in [1.807, 2.05) is 6.07 Å². The maximum atomic E-state index is 10.8. The molecule has 0 aliphatic heterocycles. The highest BCUT2D eigenvalue weighted by Crippen LogP contribution is 2.18. The van der Waals surface area contributed by atoms with E-state index < -0.39 is 4.92 Å². The smallest absolute Gasteiger partial charge is 0.274 e. The molecule has 2 aromatic heterocycles. The number of H-pyrrole nitrogens is 1. The van der Waals surface area contributed by atoms with E-state index in [2.05, 4.69) is 25.6 Å². The Morgan fingerprint density at radius 3 is 2.89 bits per heavy atom. The highest BCUT2D eigenvalue weighted by Gasteiger charge is 2.04. The zero-order chi connectivity index (χ0) is 19.3. The number of imidazole rings is 1. The van der Waals surface area contributed by atoms with Gasteiger partial charge >= 0.3 is 0 Å². The van der Waals surface area contributed by atoms with Crippen LogP contribution < -0.4 is 10.6 Å². The molecule has 0 aliphatic rings. The summed E-state index contributed by atoms with van der Waals surface area (Å²) in [7, 11) is 0. The summed E-state index contributed by atoms with van der Waals surface area (Å²) in [4.78, 5) is 21.7. The van der Waals surface area contributed by atoms with Crippen molar-refractivity contribution in [1.82, 2.24) is 25.6 Å². The fourth-order valence-corrected chi connectivity index (χ4v) is 3.85. The van der Waals surface area contributed by atoms with E-state index in [4.69, 9.17) is 11.6 Å². The van der Waals surface area contributed by atoms with Gasteiger partial charge in [0.15, 0.2) is 11.0 Å². The average molecular weight is 429 g/mol. The monoisotopic (exact) mass is 428 g/mol. The molecule has 2 heterocycles. The Hall–Kier alpha value is -1.91. The molecule has 0 bridgehead atoms. The molecule has 2 rings (SSSR count). The molecule has 0 fully saturated rings. The third-order valence-electron chi connectivity index (χ3n) is 3.22. The van der Waals surface area contributed by atoms with Gasteiger partial charge in [0.25, 0.3) is 6.20 Å². The van der Waals surface area contributed by atoms with E-state index >= 15 is 0 Å². The van der Waals surface area contributed by atoms with Crippen LogP contribution in [0.25, 0.3) is 0 Å². The first kappa shape index (κ1) is 21.4. The first-order chi connectivity index (χ1) is 13.1.